The SMILES string of the molecule is CC(O)(c1ccc(C(=O)N(C2CC2)C2CCC(CO)(c3cscn3)CC2)cc1)C(F)(F)F. The number of carbonyl (C=O) groups excluding carboxylic acids is 1. The van der Waals surface area contributed by atoms with Crippen molar-refractivity contribution < 1.29 is 28.2 Å². The minimum atomic E-state index is -4.81. The van der Waals surface area contributed by atoms with Crippen molar-refractivity contribution in [3.05, 3.63) is 52.0 Å². The number of hydrogen-bond acceptors (Lipinski definition) is 5. The lowest BCUT2D eigenvalue weighted by molar-refractivity contribution is -0.258. The molecule has 0 spiro atoms. The first kappa shape index (κ1) is 23.2. The van der Waals surface area contributed by atoms with Gasteiger partial charge in [0.05, 0.1) is 17.8 Å². The van der Waals surface area contributed by atoms with E-state index in [9.17, 15) is 28.2 Å². The maximum Gasteiger partial charge on any atom is 0.421 e. The van der Waals surface area contributed by atoms with Crippen molar-refractivity contribution in [2.24, 2.45) is 0 Å². The Kier molecular flexibility index (Phi) is 6.11. The van der Waals surface area contributed by atoms with Crippen molar-refractivity contribution in [3.8, 4) is 0 Å². The van der Waals surface area contributed by atoms with Crippen molar-refractivity contribution in [3.63, 3.8) is 0 Å². The summed E-state index contributed by atoms with van der Waals surface area (Å²) in [5, 5.41) is 21.9. The molecular weight excluding hydrogens is 441 g/mol. The van der Waals surface area contributed by atoms with E-state index in [2.05, 4.69) is 4.98 Å². The molecule has 2 aromatic rings. The molecule has 2 aliphatic carbocycles. The van der Waals surface area contributed by atoms with Gasteiger partial charge in [-0.2, -0.15) is 13.2 Å². The second-order valence-corrected chi connectivity index (χ2v) is 9.85. The standard InChI is InChI=1S/C23H27F3N2O3S/c1-21(31,23(24,25)26)16-4-2-15(3-5-16)20(30)28(17-6-7-17)18-8-10-22(13-29,11-9-18)19-12-32-14-27-19/h2-5,12,14,17-18,29,31H,6-11,13H2,1H3. The normalized spacial score (nSPS) is 25.9. The van der Waals surface area contributed by atoms with E-state index >= 15 is 0 Å². The predicted octanol–water partition coefficient (Wildman–Crippen LogP) is 4.39. The molecule has 0 saturated heterocycles. The molecule has 2 saturated carbocycles. The maximum atomic E-state index is 13.3. The van der Waals surface area contributed by atoms with E-state index in [1.165, 1.54) is 35.6 Å². The van der Waals surface area contributed by atoms with Crippen LogP contribution >= 0.6 is 11.3 Å². The fourth-order valence-corrected chi connectivity index (χ4v) is 5.31. The second kappa shape index (κ2) is 8.43. The van der Waals surface area contributed by atoms with Crippen LogP contribution in [0, 0.1) is 0 Å². The molecule has 1 heterocycles. The largest absolute Gasteiger partial charge is 0.421 e. The van der Waals surface area contributed by atoms with Gasteiger partial charge in [0.2, 0.25) is 0 Å². The summed E-state index contributed by atoms with van der Waals surface area (Å²) in [5.74, 6) is -0.194. The number of aliphatic hydroxyl groups excluding tert-OH is 1. The highest BCUT2D eigenvalue weighted by molar-refractivity contribution is 7.07. The fraction of sp³-hybridized carbons (Fsp3) is 0.565. The molecule has 2 N–H and O–H groups in total. The summed E-state index contributed by atoms with van der Waals surface area (Å²) in [7, 11) is 0. The Morgan fingerprint density at radius 2 is 1.75 bits per heavy atom. The molecule has 1 aromatic carbocycles. The Morgan fingerprint density at radius 1 is 1.16 bits per heavy atom. The topological polar surface area (TPSA) is 73.7 Å². The van der Waals surface area contributed by atoms with Crippen molar-refractivity contribution in [2.75, 3.05) is 6.61 Å². The van der Waals surface area contributed by atoms with E-state index < -0.39 is 11.8 Å². The number of hydrogen-bond donors (Lipinski definition) is 2. The van der Waals surface area contributed by atoms with Crippen LogP contribution in [-0.2, 0) is 11.0 Å². The zero-order valence-corrected chi connectivity index (χ0v) is 18.6. The van der Waals surface area contributed by atoms with Crippen molar-refractivity contribution in [1.29, 1.82) is 0 Å². The molecular formula is C23H27F3N2O3S. The Morgan fingerprint density at radius 3 is 2.22 bits per heavy atom. The van der Waals surface area contributed by atoms with Gasteiger partial charge < -0.3 is 15.1 Å². The third-order valence-electron chi connectivity index (χ3n) is 7.00. The van der Waals surface area contributed by atoms with Crippen LogP contribution in [0.3, 0.4) is 0 Å². The molecule has 1 aromatic heterocycles. The monoisotopic (exact) mass is 468 g/mol. The number of thiazole rings is 1. The molecule has 0 bridgehead atoms. The van der Waals surface area contributed by atoms with E-state index in [1.807, 2.05) is 10.3 Å². The van der Waals surface area contributed by atoms with Crippen LogP contribution in [0.15, 0.2) is 35.2 Å². The highest BCUT2D eigenvalue weighted by atomic mass is 32.1. The minimum absolute atomic E-state index is 0.0153. The van der Waals surface area contributed by atoms with Gasteiger partial charge in [-0.05, 0) is 63.1 Å². The van der Waals surface area contributed by atoms with Crippen molar-refractivity contribution >= 4 is 17.2 Å². The lowest BCUT2D eigenvalue weighted by Gasteiger charge is -2.42. The maximum absolute atomic E-state index is 13.3. The average Bonchev–Trinajstić information content (AvgIpc) is 3.44. The van der Waals surface area contributed by atoms with Gasteiger partial charge in [0.1, 0.15) is 0 Å². The van der Waals surface area contributed by atoms with Gasteiger partial charge in [-0.25, -0.2) is 4.98 Å². The van der Waals surface area contributed by atoms with Gasteiger partial charge in [-0.1, -0.05) is 12.1 Å². The van der Waals surface area contributed by atoms with Gasteiger partial charge in [0.15, 0.2) is 5.60 Å². The first-order valence-corrected chi connectivity index (χ1v) is 11.8. The van der Waals surface area contributed by atoms with Crippen molar-refractivity contribution in [2.45, 2.75) is 74.7 Å². The average molecular weight is 469 g/mol. The van der Waals surface area contributed by atoms with Crippen LogP contribution in [0.5, 0.6) is 0 Å². The summed E-state index contributed by atoms with van der Waals surface area (Å²) >= 11 is 1.50. The molecule has 174 valence electrons. The molecule has 2 aliphatic rings. The van der Waals surface area contributed by atoms with Gasteiger partial charge in [-0.15, -0.1) is 11.3 Å². The number of carbonyl (C=O) groups is 1. The van der Waals surface area contributed by atoms with Crippen LogP contribution in [0.1, 0.15) is 67.1 Å². The van der Waals surface area contributed by atoms with E-state index in [0.717, 1.165) is 44.2 Å². The molecule has 2 fully saturated rings. The number of halogens is 3. The smallest absolute Gasteiger partial charge is 0.395 e. The second-order valence-electron chi connectivity index (χ2n) is 9.13. The van der Waals surface area contributed by atoms with Crippen LogP contribution in [0.25, 0.3) is 0 Å². The lowest BCUT2D eigenvalue weighted by Crippen LogP contribution is -2.47. The zero-order valence-electron chi connectivity index (χ0n) is 17.8. The van der Waals surface area contributed by atoms with Crippen LogP contribution in [0.4, 0.5) is 13.2 Å². The fourth-order valence-electron chi connectivity index (χ4n) is 4.64. The van der Waals surface area contributed by atoms with Crippen LogP contribution in [0.2, 0.25) is 0 Å². The Bertz CT molecular complexity index is 932. The van der Waals surface area contributed by atoms with Crippen LogP contribution in [-0.4, -0.2) is 50.9 Å². The number of nitrogens with zero attached hydrogens (tertiary/aromatic N) is 2. The predicted molar refractivity (Wildman–Crippen MR) is 114 cm³/mol. The molecule has 4 rings (SSSR count). The summed E-state index contributed by atoms with van der Waals surface area (Å²) in [5.41, 5.74) is -0.666. The number of benzene rings is 1. The zero-order chi connectivity index (χ0) is 23.1. The summed E-state index contributed by atoms with van der Waals surface area (Å²) < 4.78 is 39.3. The third-order valence-corrected chi connectivity index (χ3v) is 7.59. The van der Waals surface area contributed by atoms with Gasteiger partial charge in [0.25, 0.3) is 5.91 Å². The van der Waals surface area contributed by atoms with Crippen molar-refractivity contribution in [1.82, 2.24) is 9.88 Å². The van der Waals surface area contributed by atoms with Gasteiger partial charge in [-0.3, -0.25) is 4.79 Å². The Balaban J connectivity index is 1.50. The molecule has 1 atom stereocenters. The molecule has 32 heavy (non-hydrogen) atoms. The number of amides is 1. The third kappa shape index (κ3) is 4.18. The number of alkyl halides is 3. The first-order valence-electron chi connectivity index (χ1n) is 10.8. The Labute approximate surface area is 188 Å². The quantitative estimate of drug-likeness (QED) is 0.660. The molecule has 0 aliphatic heterocycles. The minimum Gasteiger partial charge on any atom is -0.395 e. The van der Waals surface area contributed by atoms with E-state index in [-0.39, 0.29) is 35.6 Å². The summed E-state index contributed by atoms with van der Waals surface area (Å²) in [6.07, 6.45) is -0.0518. The molecule has 1 unspecified atom stereocenters. The Hall–Kier alpha value is -1.97. The number of aliphatic hydroxyl groups is 2. The van der Waals surface area contributed by atoms with E-state index in [4.69, 9.17) is 0 Å². The van der Waals surface area contributed by atoms with E-state index in [1.54, 1.807) is 5.51 Å². The highest BCUT2D eigenvalue weighted by Gasteiger charge is 2.51. The first-order chi connectivity index (χ1) is 15.1. The molecule has 5 nitrogen and oxygen atoms in total. The molecule has 1 amide bonds. The van der Waals surface area contributed by atoms with Gasteiger partial charge >= 0.3 is 6.18 Å². The number of aromatic nitrogens is 1. The summed E-state index contributed by atoms with van der Waals surface area (Å²) in [4.78, 5) is 19.6. The molecule has 0 radical (unpaired) electrons. The summed E-state index contributed by atoms with van der Waals surface area (Å²) in [6.45, 7) is 0.722. The summed E-state index contributed by atoms with van der Waals surface area (Å²) in [6, 6.07) is 5.24. The molecule has 9 heteroatoms. The van der Waals surface area contributed by atoms with E-state index in [0.29, 0.717) is 12.5 Å². The van der Waals surface area contributed by atoms with Gasteiger partial charge in [0, 0.05) is 28.4 Å². The number of rotatable bonds is 6. The van der Waals surface area contributed by atoms with Crippen LogP contribution < -0.4 is 0 Å². The highest BCUT2D eigenvalue weighted by Crippen LogP contribution is 2.43. The lowest BCUT2D eigenvalue weighted by atomic mass is 9.71.